The molecule has 0 saturated carbocycles. The zero-order chi connectivity index (χ0) is 15.9. The molecular formula is C16H19NO4S. The third-order valence-corrected chi connectivity index (χ3v) is 5.15. The Hall–Kier alpha value is -1.53. The molecule has 2 heterocycles. The number of thioether (sulfide) groups is 1. The lowest BCUT2D eigenvalue weighted by atomic mass is 10.0. The van der Waals surface area contributed by atoms with Crippen LogP contribution in [0.4, 0.5) is 4.79 Å². The zero-order valence-corrected chi connectivity index (χ0v) is 13.6. The second-order valence-corrected chi connectivity index (χ2v) is 6.97. The Balaban J connectivity index is 1.75. The van der Waals surface area contributed by atoms with E-state index in [1.807, 2.05) is 13.8 Å². The van der Waals surface area contributed by atoms with Crippen LogP contribution in [-0.4, -0.2) is 40.6 Å². The van der Waals surface area contributed by atoms with Crippen molar-refractivity contribution in [2.75, 3.05) is 0 Å². The van der Waals surface area contributed by atoms with Gasteiger partial charge in [-0.15, -0.1) is 0 Å². The molecule has 1 aromatic carbocycles. The Bertz CT molecular complexity index is 588. The number of aryl methyl sites for hydroxylation is 1. The van der Waals surface area contributed by atoms with Gasteiger partial charge in [-0.2, -0.15) is 0 Å². The van der Waals surface area contributed by atoms with Crippen molar-refractivity contribution < 1.29 is 19.1 Å². The molecule has 1 aromatic rings. The first-order chi connectivity index (χ1) is 10.5. The van der Waals surface area contributed by atoms with Gasteiger partial charge in [-0.05, 0) is 26.0 Å². The first-order valence-electron chi connectivity index (χ1n) is 7.35. The van der Waals surface area contributed by atoms with Crippen LogP contribution in [0.5, 0.6) is 0 Å². The van der Waals surface area contributed by atoms with Gasteiger partial charge in [-0.25, -0.2) is 9.69 Å². The number of benzene rings is 1. The number of rotatable bonds is 2. The summed E-state index contributed by atoms with van der Waals surface area (Å²) in [6.07, 6.45) is -0.570. The fourth-order valence-corrected chi connectivity index (χ4v) is 4.08. The van der Waals surface area contributed by atoms with E-state index in [9.17, 15) is 9.59 Å². The summed E-state index contributed by atoms with van der Waals surface area (Å²) in [5.74, 6) is -0.273. The van der Waals surface area contributed by atoms with E-state index in [2.05, 4.69) is 24.3 Å². The molecule has 0 spiro atoms. The summed E-state index contributed by atoms with van der Waals surface area (Å²) in [5.41, 5.74) is 1.11. The Morgan fingerprint density at radius 3 is 2.64 bits per heavy atom. The second kappa shape index (κ2) is 5.93. The normalized spacial score (nSPS) is 30.9. The predicted octanol–water partition coefficient (Wildman–Crippen LogP) is 2.96. The maximum Gasteiger partial charge on any atom is 0.417 e. The fourth-order valence-electron chi connectivity index (χ4n) is 2.96. The van der Waals surface area contributed by atoms with Gasteiger partial charge in [0.15, 0.2) is 6.10 Å². The largest absolute Gasteiger partial charge is 0.441 e. The van der Waals surface area contributed by atoms with Crippen LogP contribution in [0.3, 0.4) is 0 Å². The average Bonchev–Trinajstić information content (AvgIpc) is 2.78. The van der Waals surface area contributed by atoms with Gasteiger partial charge in [0.1, 0.15) is 5.44 Å². The number of carbonyl (C=O) groups excluding carboxylic acids is 2. The predicted molar refractivity (Wildman–Crippen MR) is 82.6 cm³/mol. The first kappa shape index (κ1) is 15.4. The highest BCUT2D eigenvalue weighted by Crippen LogP contribution is 2.38. The molecule has 0 N–H and O–H groups in total. The molecule has 2 saturated heterocycles. The highest BCUT2D eigenvalue weighted by molar-refractivity contribution is 7.99. The minimum Gasteiger partial charge on any atom is -0.441 e. The number of imide groups is 1. The molecule has 6 heteroatoms. The Morgan fingerprint density at radius 2 is 2.00 bits per heavy atom. The molecule has 2 aliphatic heterocycles. The van der Waals surface area contributed by atoms with Crippen LogP contribution in [-0.2, 0) is 14.3 Å². The van der Waals surface area contributed by atoms with Gasteiger partial charge in [0.05, 0.1) is 12.1 Å². The van der Waals surface area contributed by atoms with E-state index in [4.69, 9.17) is 9.47 Å². The number of nitrogens with zero attached hydrogens (tertiary/aromatic N) is 1. The van der Waals surface area contributed by atoms with Crippen molar-refractivity contribution >= 4 is 23.8 Å². The average molecular weight is 321 g/mol. The molecule has 2 aliphatic rings. The van der Waals surface area contributed by atoms with Gasteiger partial charge in [0.2, 0.25) is 5.91 Å². The molecule has 118 valence electrons. The molecule has 2 amide bonds. The summed E-state index contributed by atoms with van der Waals surface area (Å²) < 4.78 is 11.3. The van der Waals surface area contributed by atoms with Crippen LogP contribution in [0, 0.1) is 6.92 Å². The SMILES string of the molecule is CC(=O)N1C(=O)O[C@H]2[C@H](C)O[C@@H](Sc3ccc(C)cc3)C[C@H]21. The molecule has 2 fully saturated rings. The number of fused-ring (bicyclic) bond motifs is 1. The highest BCUT2D eigenvalue weighted by Gasteiger charge is 2.51. The summed E-state index contributed by atoms with van der Waals surface area (Å²) >= 11 is 1.61. The highest BCUT2D eigenvalue weighted by atomic mass is 32.2. The van der Waals surface area contributed by atoms with E-state index in [0.717, 1.165) is 4.90 Å². The molecule has 3 rings (SSSR count). The Kier molecular flexibility index (Phi) is 4.14. The smallest absolute Gasteiger partial charge is 0.417 e. The van der Waals surface area contributed by atoms with Crippen molar-refractivity contribution in [2.45, 2.75) is 55.8 Å². The van der Waals surface area contributed by atoms with Gasteiger partial charge in [0.25, 0.3) is 0 Å². The number of hydrogen-bond acceptors (Lipinski definition) is 5. The lowest BCUT2D eigenvalue weighted by Gasteiger charge is -2.36. The quantitative estimate of drug-likeness (QED) is 0.838. The molecule has 0 unspecified atom stereocenters. The molecule has 4 atom stereocenters. The van der Waals surface area contributed by atoms with Gasteiger partial charge in [-0.1, -0.05) is 29.5 Å². The number of carbonyl (C=O) groups is 2. The number of amides is 2. The Morgan fingerprint density at radius 1 is 1.32 bits per heavy atom. The molecule has 22 heavy (non-hydrogen) atoms. The van der Waals surface area contributed by atoms with Crippen LogP contribution in [0.15, 0.2) is 29.2 Å². The summed E-state index contributed by atoms with van der Waals surface area (Å²) in [7, 11) is 0. The van der Waals surface area contributed by atoms with Gasteiger partial charge < -0.3 is 9.47 Å². The minimum atomic E-state index is -0.557. The summed E-state index contributed by atoms with van der Waals surface area (Å²) in [5, 5.41) is 0. The van der Waals surface area contributed by atoms with E-state index in [1.165, 1.54) is 17.4 Å². The van der Waals surface area contributed by atoms with Crippen molar-refractivity contribution in [3.05, 3.63) is 29.8 Å². The summed E-state index contributed by atoms with van der Waals surface area (Å²) in [6, 6.07) is 7.98. The summed E-state index contributed by atoms with van der Waals surface area (Å²) in [6.45, 7) is 5.33. The summed E-state index contributed by atoms with van der Waals surface area (Å²) in [4.78, 5) is 25.9. The fraction of sp³-hybridized carbons (Fsp3) is 0.500. The number of ether oxygens (including phenoxy) is 2. The molecular weight excluding hydrogens is 302 g/mol. The minimum absolute atomic E-state index is 0.102. The molecule has 0 bridgehead atoms. The third-order valence-electron chi connectivity index (χ3n) is 4.04. The van der Waals surface area contributed by atoms with Crippen molar-refractivity contribution in [2.24, 2.45) is 0 Å². The lowest BCUT2D eigenvalue weighted by Crippen LogP contribution is -2.50. The topological polar surface area (TPSA) is 55.8 Å². The Labute approximate surface area is 134 Å². The second-order valence-electron chi connectivity index (χ2n) is 5.74. The maximum atomic E-state index is 11.9. The van der Waals surface area contributed by atoms with Gasteiger partial charge in [-0.3, -0.25) is 4.79 Å². The van der Waals surface area contributed by atoms with Crippen molar-refractivity contribution in [3.63, 3.8) is 0 Å². The van der Waals surface area contributed by atoms with Crippen molar-refractivity contribution in [3.8, 4) is 0 Å². The van der Waals surface area contributed by atoms with Crippen molar-refractivity contribution in [1.82, 2.24) is 4.90 Å². The van der Waals surface area contributed by atoms with Gasteiger partial charge >= 0.3 is 6.09 Å². The van der Waals surface area contributed by atoms with E-state index in [1.54, 1.807) is 11.8 Å². The van der Waals surface area contributed by atoms with Crippen molar-refractivity contribution in [1.29, 1.82) is 0 Å². The third kappa shape index (κ3) is 2.85. The molecule has 0 radical (unpaired) electrons. The van der Waals surface area contributed by atoms with E-state index in [0.29, 0.717) is 6.42 Å². The monoisotopic (exact) mass is 321 g/mol. The van der Waals surface area contributed by atoms with Crippen LogP contribution in [0.25, 0.3) is 0 Å². The molecule has 0 aliphatic carbocycles. The van der Waals surface area contributed by atoms with Crippen LogP contribution < -0.4 is 0 Å². The van der Waals surface area contributed by atoms with Crippen LogP contribution in [0.1, 0.15) is 25.8 Å². The number of hydrogen-bond donors (Lipinski definition) is 0. The van der Waals surface area contributed by atoms with E-state index < -0.39 is 6.09 Å². The zero-order valence-electron chi connectivity index (χ0n) is 12.8. The molecule has 0 aromatic heterocycles. The van der Waals surface area contributed by atoms with E-state index >= 15 is 0 Å². The maximum absolute atomic E-state index is 11.9. The van der Waals surface area contributed by atoms with Crippen LogP contribution >= 0.6 is 11.8 Å². The first-order valence-corrected chi connectivity index (χ1v) is 8.23. The standard InChI is InChI=1S/C16H19NO4S/c1-9-4-6-12(7-5-9)22-14-8-13-15(10(2)20-14)21-16(19)17(13)11(3)18/h4-7,10,13-15H,8H2,1-3H3/t10-,13+,14-,15-/m0/s1. The lowest BCUT2D eigenvalue weighted by molar-refractivity contribution is -0.129. The van der Waals surface area contributed by atoms with E-state index in [-0.39, 0.29) is 29.6 Å². The van der Waals surface area contributed by atoms with Crippen LogP contribution in [0.2, 0.25) is 0 Å². The molecule has 5 nitrogen and oxygen atoms in total. The van der Waals surface area contributed by atoms with Gasteiger partial charge in [0, 0.05) is 18.2 Å².